The predicted octanol–water partition coefficient (Wildman–Crippen LogP) is 4.54. The molecule has 0 aliphatic carbocycles. The number of ether oxygens (including phenoxy) is 4. The second-order valence-electron chi connectivity index (χ2n) is 6.17. The van der Waals surface area contributed by atoms with E-state index in [0.29, 0.717) is 39.8 Å². The Morgan fingerprint density at radius 1 is 0.931 bits per heavy atom. The van der Waals surface area contributed by atoms with E-state index in [1.165, 1.54) is 13.0 Å². The third-order valence-corrected chi connectivity index (χ3v) is 4.35. The van der Waals surface area contributed by atoms with Gasteiger partial charge in [0.1, 0.15) is 17.2 Å². The fourth-order valence-corrected chi connectivity index (χ4v) is 2.81. The first-order chi connectivity index (χ1) is 14.0. The summed E-state index contributed by atoms with van der Waals surface area (Å²) in [7, 11) is 4.66. The van der Waals surface area contributed by atoms with Gasteiger partial charge in [-0.2, -0.15) is 0 Å². The lowest BCUT2D eigenvalue weighted by Gasteiger charge is -2.14. The first-order valence-electron chi connectivity index (χ1n) is 8.75. The maximum atomic E-state index is 11.3. The average molecular weight is 395 g/mol. The van der Waals surface area contributed by atoms with Crippen molar-refractivity contribution in [3.05, 3.63) is 53.7 Å². The molecule has 1 heterocycles. The predicted molar refractivity (Wildman–Crippen MR) is 109 cm³/mol. The van der Waals surface area contributed by atoms with Crippen molar-refractivity contribution in [1.82, 2.24) is 4.98 Å². The maximum Gasteiger partial charge on any atom is 0.331 e. The van der Waals surface area contributed by atoms with Gasteiger partial charge in [-0.15, -0.1) is 0 Å². The third-order valence-electron chi connectivity index (χ3n) is 4.35. The minimum absolute atomic E-state index is 0.175. The number of hydrogen-bond donors (Lipinski definition) is 1. The van der Waals surface area contributed by atoms with E-state index in [-0.39, 0.29) is 5.57 Å². The summed E-state index contributed by atoms with van der Waals surface area (Å²) in [6, 6.07) is 10.5. The van der Waals surface area contributed by atoms with Gasteiger partial charge in [-0.3, -0.25) is 4.98 Å². The molecule has 0 saturated carbocycles. The van der Waals surface area contributed by atoms with Gasteiger partial charge in [-0.1, -0.05) is 0 Å². The van der Waals surface area contributed by atoms with Crippen molar-refractivity contribution in [2.75, 3.05) is 21.3 Å². The lowest BCUT2D eigenvalue weighted by atomic mass is 10.1. The minimum Gasteiger partial charge on any atom is -0.497 e. The molecule has 29 heavy (non-hydrogen) atoms. The van der Waals surface area contributed by atoms with Crippen molar-refractivity contribution >= 4 is 22.9 Å². The summed E-state index contributed by atoms with van der Waals surface area (Å²) in [5.74, 6) is 1.72. The van der Waals surface area contributed by atoms with Crippen LogP contribution in [0.15, 0.2) is 48.2 Å². The van der Waals surface area contributed by atoms with Gasteiger partial charge >= 0.3 is 5.97 Å². The largest absolute Gasteiger partial charge is 0.497 e. The van der Waals surface area contributed by atoms with E-state index in [0.717, 1.165) is 5.39 Å². The van der Waals surface area contributed by atoms with Crippen LogP contribution in [-0.4, -0.2) is 37.4 Å². The van der Waals surface area contributed by atoms with E-state index in [1.54, 1.807) is 63.9 Å². The zero-order chi connectivity index (χ0) is 21.0. The summed E-state index contributed by atoms with van der Waals surface area (Å²) in [5, 5.41) is 9.95. The van der Waals surface area contributed by atoms with Crippen molar-refractivity contribution in [1.29, 1.82) is 0 Å². The zero-order valence-corrected chi connectivity index (χ0v) is 16.6. The molecule has 1 aromatic heterocycles. The summed E-state index contributed by atoms with van der Waals surface area (Å²) < 4.78 is 22.1. The minimum atomic E-state index is -1.01. The van der Waals surface area contributed by atoms with Crippen molar-refractivity contribution < 1.29 is 28.8 Å². The summed E-state index contributed by atoms with van der Waals surface area (Å²) in [4.78, 5) is 15.6. The number of hydrogen-bond acceptors (Lipinski definition) is 6. The first-order valence-corrected chi connectivity index (χ1v) is 8.75. The van der Waals surface area contributed by atoms with E-state index in [1.807, 2.05) is 0 Å². The van der Waals surface area contributed by atoms with Gasteiger partial charge in [0, 0.05) is 28.8 Å². The molecule has 0 unspecified atom stereocenters. The van der Waals surface area contributed by atoms with Gasteiger partial charge in [0.05, 0.1) is 26.8 Å². The highest BCUT2D eigenvalue weighted by atomic mass is 16.5. The van der Waals surface area contributed by atoms with Crippen molar-refractivity contribution in [3.63, 3.8) is 0 Å². The fourth-order valence-electron chi connectivity index (χ4n) is 2.81. The van der Waals surface area contributed by atoms with Crippen LogP contribution in [0.4, 0.5) is 0 Å². The molecule has 0 radical (unpaired) electrons. The Balaban J connectivity index is 2.11. The standard InChI is InChI=1S/C22H21NO6/c1-13(22(24)25)9-14-10-15(26-2)5-6-18(14)29-19-7-8-23-17-12-21(28-4)20(27-3)11-16(17)19/h5-12H,1-4H3,(H,24,25)/b13-9+. The number of carboxylic acid groups (broad SMARTS) is 1. The van der Waals surface area contributed by atoms with Gasteiger partial charge < -0.3 is 24.1 Å². The molecule has 0 atom stereocenters. The van der Waals surface area contributed by atoms with E-state index >= 15 is 0 Å². The molecule has 0 amide bonds. The van der Waals surface area contributed by atoms with Crippen molar-refractivity contribution in [2.24, 2.45) is 0 Å². The molecular formula is C22H21NO6. The van der Waals surface area contributed by atoms with Crippen LogP contribution in [0.25, 0.3) is 17.0 Å². The number of carboxylic acids is 1. The fraction of sp³-hybridized carbons (Fsp3) is 0.182. The van der Waals surface area contributed by atoms with Gasteiger partial charge in [-0.25, -0.2) is 4.79 Å². The van der Waals surface area contributed by atoms with Gasteiger partial charge in [0.2, 0.25) is 0 Å². The molecule has 3 rings (SSSR count). The normalized spacial score (nSPS) is 11.2. The van der Waals surface area contributed by atoms with E-state index in [2.05, 4.69) is 4.98 Å². The SMILES string of the molecule is COc1ccc(Oc2ccnc3cc(OC)c(OC)cc23)c(/C=C(\C)C(=O)O)c1. The second-order valence-corrected chi connectivity index (χ2v) is 6.17. The Morgan fingerprint density at radius 3 is 2.31 bits per heavy atom. The Kier molecular flexibility index (Phi) is 5.87. The molecule has 3 aromatic rings. The number of aromatic nitrogens is 1. The highest BCUT2D eigenvalue weighted by Gasteiger charge is 2.13. The third kappa shape index (κ3) is 4.24. The maximum absolute atomic E-state index is 11.3. The molecule has 2 aromatic carbocycles. The molecular weight excluding hydrogens is 374 g/mol. The molecule has 0 spiro atoms. The molecule has 150 valence electrons. The van der Waals surface area contributed by atoms with E-state index in [4.69, 9.17) is 18.9 Å². The number of aliphatic carboxylic acids is 1. The van der Waals surface area contributed by atoms with Crippen LogP contribution in [-0.2, 0) is 4.79 Å². The topological polar surface area (TPSA) is 87.1 Å². The number of methoxy groups -OCH3 is 3. The second kappa shape index (κ2) is 8.52. The van der Waals surface area contributed by atoms with Crippen molar-refractivity contribution in [3.8, 4) is 28.7 Å². The quantitative estimate of drug-likeness (QED) is 0.588. The highest BCUT2D eigenvalue weighted by Crippen LogP contribution is 2.38. The van der Waals surface area contributed by atoms with Gasteiger partial charge in [-0.05, 0) is 43.3 Å². The molecule has 0 saturated heterocycles. The van der Waals surface area contributed by atoms with E-state index < -0.39 is 5.97 Å². The number of rotatable bonds is 7. The lowest BCUT2D eigenvalue weighted by molar-refractivity contribution is -0.132. The van der Waals surface area contributed by atoms with Crippen LogP contribution in [0, 0.1) is 0 Å². The number of nitrogens with zero attached hydrogens (tertiary/aromatic N) is 1. The summed E-state index contributed by atoms with van der Waals surface area (Å²) >= 11 is 0. The molecule has 0 fully saturated rings. The van der Waals surface area contributed by atoms with Crippen LogP contribution in [0.1, 0.15) is 12.5 Å². The van der Waals surface area contributed by atoms with Crippen molar-refractivity contribution in [2.45, 2.75) is 6.92 Å². The van der Waals surface area contributed by atoms with Crippen LogP contribution in [0.5, 0.6) is 28.7 Å². The molecule has 0 aliphatic rings. The number of fused-ring (bicyclic) bond motifs is 1. The van der Waals surface area contributed by atoms with Crippen LogP contribution >= 0.6 is 0 Å². The zero-order valence-electron chi connectivity index (χ0n) is 16.6. The smallest absolute Gasteiger partial charge is 0.331 e. The number of pyridine rings is 1. The van der Waals surface area contributed by atoms with Gasteiger partial charge in [0.25, 0.3) is 0 Å². The van der Waals surface area contributed by atoms with Crippen LogP contribution < -0.4 is 18.9 Å². The molecule has 0 aliphatic heterocycles. The Labute approximate surface area is 168 Å². The molecule has 0 bridgehead atoms. The monoisotopic (exact) mass is 395 g/mol. The molecule has 7 nitrogen and oxygen atoms in total. The Hall–Kier alpha value is -3.74. The Morgan fingerprint density at radius 2 is 1.66 bits per heavy atom. The van der Waals surface area contributed by atoms with Crippen LogP contribution in [0.2, 0.25) is 0 Å². The van der Waals surface area contributed by atoms with Gasteiger partial charge in [0.15, 0.2) is 11.5 Å². The summed E-state index contributed by atoms with van der Waals surface area (Å²) in [5.41, 5.74) is 1.43. The highest BCUT2D eigenvalue weighted by molar-refractivity contribution is 5.92. The summed E-state index contributed by atoms with van der Waals surface area (Å²) in [6.07, 6.45) is 3.16. The lowest BCUT2D eigenvalue weighted by Crippen LogP contribution is -1.97. The molecule has 7 heteroatoms. The Bertz CT molecular complexity index is 1090. The van der Waals surface area contributed by atoms with Crippen LogP contribution in [0.3, 0.4) is 0 Å². The average Bonchev–Trinajstić information content (AvgIpc) is 2.73. The van der Waals surface area contributed by atoms with E-state index in [9.17, 15) is 9.90 Å². The number of benzene rings is 2. The first kappa shape index (κ1) is 20.0. The summed E-state index contributed by atoms with van der Waals surface area (Å²) in [6.45, 7) is 1.52. The molecule has 1 N–H and O–H groups in total. The number of carbonyl (C=O) groups is 1.